The second-order valence-corrected chi connectivity index (χ2v) is 6.80. The minimum absolute atomic E-state index is 0.211. The quantitative estimate of drug-likeness (QED) is 0.837. The molecule has 106 valence electrons. The highest BCUT2D eigenvalue weighted by molar-refractivity contribution is 7.90. The van der Waals surface area contributed by atoms with Gasteiger partial charge >= 0.3 is 0 Å². The standard InChI is InChI=1S/C13H20N2O3S/c14-13(11-5-2-1-3-6-11)9-15-19(16,17)12-7-4-8-18-10-12/h1-3,5-6,12-13,15H,4,7-10,14H2. The summed E-state index contributed by atoms with van der Waals surface area (Å²) in [5, 5.41) is -0.454. The van der Waals surface area contributed by atoms with Gasteiger partial charge in [0.1, 0.15) is 0 Å². The Morgan fingerprint density at radius 3 is 2.74 bits per heavy atom. The van der Waals surface area contributed by atoms with Gasteiger partial charge in [0.05, 0.1) is 11.9 Å². The SMILES string of the molecule is NC(CNS(=O)(=O)C1CCCOC1)c1ccccc1. The Morgan fingerprint density at radius 1 is 1.37 bits per heavy atom. The van der Waals surface area contributed by atoms with Gasteiger partial charge in [-0.3, -0.25) is 0 Å². The van der Waals surface area contributed by atoms with Gasteiger partial charge in [0.2, 0.25) is 10.0 Å². The van der Waals surface area contributed by atoms with Crippen molar-refractivity contribution in [1.82, 2.24) is 4.72 Å². The average Bonchev–Trinajstić information content (AvgIpc) is 2.47. The molecule has 1 saturated heterocycles. The van der Waals surface area contributed by atoms with E-state index in [1.807, 2.05) is 30.3 Å². The Balaban J connectivity index is 1.90. The third-order valence-corrected chi connectivity index (χ3v) is 5.11. The lowest BCUT2D eigenvalue weighted by atomic mass is 10.1. The van der Waals surface area contributed by atoms with Crippen LogP contribution in [0.2, 0.25) is 0 Å². The van der Waals surface area contributed by atoms with E-state index < -0.39 is 15.3 Å². The van der Waals surface area contributed by atoms with E-state index in [1.165, 1.54) is 0 Å². The first-order valence-electron chi connectivity index (χ1n) is 6.46. The van der Waals surface area contributed by atoms with Crippen LogP contribution in [-0.4, -0.2) is 33.4 Å². The zero-order valence-electron chi connectivity index (χ0n) is 10.8. The molecule has 1 aromatic carbocycles. The van der Waals surface area contributed by atoms with Gasteiger partial charge in [-0.1, -0.05) is 30.3 Å². The molecule has 0 amide bonds. The van der Waals surface area contributed by atoms with Gasteiger partial charge in [-0.15, -0.1) is 0 Å². The van der Waals surface area contributed by atoms with Gasteiger partial charge in [-0.25, -0.2) is 13.1 Å². The lowest BCUT2D eigenvalue weighted by molar-refractivity contribution is 0.0988. The molecule has 0 spiro atoms. The summed E-state index contributed by atoms with van der Waals surface area (Å²) < 4.78 is 32.0. The number of sulfonamides is 1. The fourth-order valence-corrected chi connectivity index (χ4v) is 3.50. The van der Waals surface area contributed by atoms with E-state index in [0.29, 0.717) is 13.0 Å². The van der Waals surface area contributed by atoms with E-state index in [-0.39, 0.29) is 19.2 Å². The zero-order valence-corrected chi connectivity index (χ0v) is 11.6. The molecule has 2 rings (SSSR count). The van der Waals surface area contributed by atoms with E-state index in [2.05, 4.69) is 4.72 Å². The zero-order chi connectivity index (χ0) is 13.7. The van der Waals surface area contributed by atoms with Crippen LogP contribution >= 0.6 is 0 Å². The predicted molar refractivity (Wildman–Crippen MR) is 74.1 cm³/mol. The van der Waals surface area contributed by atoms with Crippen LogP contribution in [0.15, 0.2) is 30.3 Å². The Kier molecular flexibility index (Phi) is 4.93. The van der Waals surface area contributed by atoms with Crippen LogP contribution in [0.5, 0.6) is 0 Å². The lowest BCUT2D eigenvalue weighted by Gasteiger charge is -2.23. The van der Waals surface area contributed by atoms with Crippen LogP contribution in [0.1, 0.15) is 24.4 Å². The van der Waals surface area contributed by atoms with Crippen molar-refractivity contribution < 1.29 is 13.2 Å². The van der Waals surface area contributed by atoms with Crippen LogP contribution in [0.3, 0.4) is 0 Å². The summed E-state index contributed by atoms with van der Waals surface area (Å²) in [6, 6.07) is 9.13. The summed E-state index contributed by atoms with van der Waals surface area (Å²) in [7, 11) is -3.34. The first-order valence-corrected chi connectivity index (χ1v) is 8.01. The maximum atomic E-state index is 12.1. The molecule has 2 atom stereocenters. The summed E-state index contributed by atoms with van der Waals surface area (Å²) in [5.41, 5.74) is 6.89. The third kappa shape index (κ3) is 4.01. The van der Waals surface area contributed by atoms with E-state index in [4.69, 9.17) is 10.5 Å². The van der Waals surface area contributed by atoms with Crippen LogP contribution < -0.4 is 10.5 Å². The van der Waals surface area contributed by atoms with Crippen molar-refractivity contribution >= 4 is 10.0 Å². The Morgan fingerprint density at radius 2 is 2.11 bits per heavy atom. The molecule has 1 aliphatic rings. The number of hydrogen-bond donors (Lipinski definition) is 2. The van der Waals surface area contributed by atoms with Gasteiger partial charge in [0.15, 0.2) is 0 Å². The van der Waals surface area contributed by atoms with Crippen molar-refractivity contribution in [2.75, 3.05) is 19.8 Å². The van der Waals surface area contributed by atoms with E-state index >= 15 is 0 Å². The molecule has 1 aromatic rings. The van der Waals surface area contributed by atoms with Crippen LogP contribution in [0.4, 0.5) is 0 Å². The monoisotopic (exact) mass is 284 g/mol. The van der Waals surface area contributed by atoms with Gasteiger partial charge < -0.3 is 10.5 Å². The molecule has 19 heavy (non-hydrogen) atoms. The van der Waals surface area contributed by atoms with E-state index in [9.17, 15) is 8.42 Å². The largest absolute Gasteiger partial charge is 0.380 e. The van der Waals surface area contributed by atoms with Crippen molar-refractivity contribution in [3.05, 3.63) is 35.9 Å². The number of nitrogens with two attached hydrogens (primary N) is 1. The number of nitrogens with one attached hydrogen (secondary N) is 1. The summed E-state index contributed by atoms with van der Waals surface area (Å²) in [6.45, 7) is 1.13. The number of hydrogen-bond acceptors (Lipinski definition) is 4. The highest BCUT2D eigenvalue weighted by Gasteiger charge is 2.28. The summed E-state index contributed by atoms with van der Waals surface area (Å²) in [6.07, 6.45) is 1.44. The topological polar surface area (TPSA) is 81.4 Å². The first kappa shape index (κ1) is 14.5. The predicted octanol–water partition coefficient (Wildman–Crippen LogP) is 0.785. The molecule has 1 aliphatic heterocycles. The van der Waals surface area contributed by atoms with E-state index in [0.717, 1.165) is 12.0 Å². The molecule has 1 heterocycles. The molecule has 0 saturated carbocycles. The number of ether oxygens (including phenoxy) is 1. The van der Waals surface area contributed by atoms with Crippen LogP contribution in [0.25, 0.3) is 0 Å². The molecule has 0 radical (unpaired) electrons. The van der Waals surface area contributed by atoms with Crippen molar-refractivity contribution in [1.29, 1.82) is 0 Å². The molecule has 6 heteroatoms. The lowest BCUT2D eigenvalue weighted by Crippen LogP contribution is -2.42. The van der Waals surface area contributed by atoms with Crippen LogP contribution in [-0.2, 0) is 14.8 Å². The summed E-state index contributed by atoms with van der Waals surface area (Å²) in [5.74, 6) is 0. The molecule has 3 N–H and O–H groups in total. The van der Waals surface area contributed by atoms with Gasteiger partial charge in [0, 0.05) is 19.2 Å². The number of rotatable bonds is 5. The Labute approximate surface area is 114 Å². The molecule has 0 bridgehead atoms. The first-order chi connectivity index (χ1) is 9.09. The molecular formula is C13H20N2O3S. The highest BCUT2D eigenvalue weighted by Crippen LogP contribution is 2.15. The second kappa shape index (κ2) is 6.47. The maximum absolute atomic E-state index is 12.1. The molecule has 1 fully saturated rings. The van der Waals surface area contributed by atoms with Crippen molar-refractivity contribution in [2.45, 2.75) is 24.1 Å². The third-order valence-electron chi connectivity index (χ3n) is 3.29. The molecule has 2 unspecified atom stereocenters. The summed E-state index contributed by atoms with van der Waals surface area (Å²) >= 11 is 0. The van der Waals surface area contributed by atoms with Gasteiger partial charge in [0.25, 0.3) is 0 Å². The van der Waals surface area contributed by atoms with Crippen molar-refractivity contribution in [3.8, 4) is 0 Å². The molecule has 0 aliphatic carbocycles. The minimum atomic E-state index is -3.34. The summed E-state index contributed by atoms with van der Waals surface area (Å²) in [4.78, 5) is 0. The maximum Gasteiger partial charge on any atom is 0.216 e. The van der Waals surface area contributed by atoms with Crippen molar-refractivity contribution in [3.63, 3.8) is 0 Å². The Hall–Kier alpha value is -0.950. The fourth-order valence-electron chi connectivity index (χ4n) is 2.10. The molecule has 0 aromatic heterocycles. The normalized spacial score (nSPS) is 22.1. The second-order valence-electron chi connectivity index (χ2n) is 4.75. The average molecular weight is 284 g/mol. The smallest absolute Gasteiger partial charge is 0.216 e. The highest BCUT2D eigenvalue weighted by atomic mass is 32.2. The minimum Gasteiger partial charge on any atom is -0.380 e. The fraction of sp³-hybridized carbons (Fsp3) is 0.538. The van der Waals surface area contributed by atoms with Gasteiger partial charge in [-0.2, -0.15) is 0 Å². The molecule has 5 nitrogen and oxygen atoms in total. The van der Waals surface area contributed by atoms with Gasteiger partial charge in [-0.05, 0) is 18.4 Å². The number of benzene rings is 1. The van der Waals surface area contributed by atoms with Crippen molar-refractivity contribution in [2.24, 2.45) is 5.73 Å². The Bertz CT molecular complexity index is 484. The molecular weight excluding hydrogens is 264 g/mol. The van der Waals surface area contributed by atoms with Crippen LogP contribution in [0, 0.1) is 0 Å². The van der Waals surface area contributed by atoms with E-state index in [1.54, 1.807) is 0 Å².